The molecule has 0 aliphatic carbocycles. The van der Waals surface area contributed by atoms with Gasteiger partial charge in [-0.15, -0.1) is 0 Å². The van der Waals surface area contributed by atoms with Gasteiger partial charge in [-0.3, -0.25) is 4.90 Å². The number of rotatable bonds is 6. The summed E-state index contributed by atoms with van der Waals surface area (Å²) < 4.78 is 24.3. The first-order valence-corrected chi connectivity index (χ1v) is 9.34. The highest BCUT2D eigenvalue weighted by molar-refractivity contribution is 8.01. The predicted molar refractivity (Wildman–Crippen MR) is 79.4 cm³/mol. The van der Waals surface area contributed by atoms with Crippen LogP contribution in [0.15, 0.2) is 5.16 Å². The van der Waals surface area contributed by atoms with Gasteiger partial charge in [0.2, 0.25) is 0 Å². The number of nitrogens with zero attached hydrogens (tertiary/aromatic N) is 2. The van der Waals surface area contributed by atoms with Crippen LogP contribution in [0.1, 0.15) is 26.7 Å². The molecule has 112 valence electrons. The van der Waals surface area contributed by atoms with Gasteiger partial charge < -0.3 is 10.9 Å². The zero-order valence-corrected chi connectivity index (χ0v) is 13.1. The maximum absolute atomic E-state index is 12.2. The lowest BCUT2D eigenvalue weighted by atomic mass is 10.1. The van der Waals surface area contributed by atoms with E-state index in [1.807, 2.05) is 11.8 Å². The highest BCUT2D eigenvalue weighted by Crippen LogP contribution is 2.25. The summed E-state index contributed by atoms with van der Waals surface area (Å²) in [5.41, 5.74) is 5.56. The molecule has 19 heavy (non-hydrogen) atoms. The van der Waals surface area contributed by atoms with Gasteiger partial charge in [-0.2, -0.15) is 11.8 Å². The Morgan fingerprint density at radius 2 is 2.26 bits per heavy atom. The molecule has 0 aromatic heterocycles. The van der Waals surface area contributed by atoms with Gasteiger partial charge in [-0.1, -0.05) is 19.0 Å². The maximum atomic E-state index is 12.2. The molecule has 0 bridgehead atoms. The Balaban J connectivity index is 2.91. The topological polar surface area (TPSA) is 96.0 Å². The molecule has 0 amide bonds. The first-order valence-electron chi connectivity index (χ1n) is 6.47. The van der Waals surface area contributed by atoms with Crippen molar-refractivity contribution in [2.24, 2.45) is 10.9 Å². The molecular formula is C11H23N3O3S2. The van der Waals surface area contributed by atoms with Crippen molar-refractivity contribution in [1.29, 1.82) is 0 Å². The van der Waals surface area contributed by atoms with Crippen molar-refractivity contribution in [3.63, 3.8) is 0 Å². The fraction of sp³-hybridized carbons (Fsp3) is 0.909. The average molecular weight is 309 g/mol. The van der Waals surface area contributed by atoms with Crippen LogP contribution in [0.25, 0.3) is 0 Å². The van der Waals surface area contributed by atoms with Gasteiger partial charge in [0.1, 0.15) is 11.2 Å². The molecule has 2 atom stereocenters. The van der Waals surface area contributed by atoms with E-state index in [0.717, 1.165) is 18.7 Å². The third-order valence-electron chi connectivity index (χ3n) is 3.45. The van der Waals surface area contributed by atoms with Crippen LogP contribution in [0.5, 0.6) is 0 Å². The fourth-order valence-corrected chi connectivity index (χ4v) is 5.38. The van der Waals surface area contributed by atoms with Crippen LogP contribution in [0.4, 0.5) is 0 Å². The predicted octanol–water partition coefficient (Wildman–Crippen LogP) is 0.711. The van der Waals surface area contributed by atoms with E-state index in [9.17, 15) is 8.42 Å². The summed E-state index contributed by atoms with van der Waals surface area (Å²) >= 11 is 1.67. The minimum Gasteiger partial charge on any atom is -0.409 e. The number of hydrogen-bond acceptors (Lipinski definition) is 6. The number of nitrogens with two attached hydrogens (primary N) is 1. The van der Waals surface area contributed by atoms with E-state index in [4.69, 9.17) is 10.9 Å². The Hall–Kier alpha value is -0.470. The second kappa shape index (κ2) is 7.35. The third-order valence-corrected chi connectivity index (χ3v) is 6.76. The maximum Gasteiger partial charge on any atom is 0.166 e. The Labute approximate surface area is 119 Å². The molecule has 0 aromatic rings. The smallest absolute Gasteiger partial charge is 0.166 e. The standard InChI is InChI=1S/C11H23N3O3S2/c1-3-9(7-10(12)13-15)14-5-6-18-8-11(14)19(16,17)4-2/h9,11,15H,3-8H2,1-2H3,(H2,12,13). The van der Waals surface area contributed by atoms with Gasteiger partial charge in [0.25, 0.3) is 0 Å². The van der Waals surface area contributed by atoms with Gasteiger partial charge >= 0.3 is 0 Å². The highest BCUT2D eigenvalue weighted by Gasteiger charge is 2.36. The van der Waals surface area contributed by atoms with Crippen LogP contribution in [0.3, 0.4) is 0 Å². The van der Waals surface area contributed by atoms with Crippen LogP contribution in [0.2, 0.25) is 0 Å². The van der Waals surface area contributed by atoms with Gasteiger partial charge in [0.05, 0.1) is 0 Å². The summed E-state index contributed by atoms with van der Waals surface area (Å²) in [6, 6.07) is 0.00289. The first kappa shape index (κ1) is 16.6. The van der Waals surface area contributed by atoms with Gasteiger partial charge in [-0.25, -0.2) is 8.42 Å². The summed E-state index contributed by atoms with van der Waals surface area (Å²) in [4.78, 5) is 2.01. The summed E-state index contributed by atoms with van der Waals surface area (Å²) in [5.74, 6) is 1.82. The molecule has 1 saturated heterocycles. The highest BCUT2D eigenvalue weighted by atomic mass is 32.2. The molecule has 1 rings (SSSR count). The second-order valence-electron chi connectivity index (χ2n) is 4.58. The second-order valence-corrected chi connectivity index (χ2v) is 8.17. The Kier molecular flexibility index (Phi) is 6.41. The van der Waals surface area contributed by atoms with E-state index in [0.29, 0.717) is 12.2 Å². The van der Waals surface area contributed by atoms with Crippen molar-refractivity contribution in [3.05, 3.63) is 0 Å². The number of thioether (sulfide) groups is 1. The normalized spacial score (nSPS) is 24.3. The van der Waals surface area contributed by atoms with Crippen molar-refractivity contribution in [2.75, 3.05) is 23.8 Å². The van der Waals surface area contributed by atoms with Gasteiger partial charge in [0, 0.05) is 36.3 Å². The van der Waals surface area contributed by atoms with Crippen LogP contribution in [0, 0.1) is 0 Å². The molecule has 3 N–H and O–H groups in total. The van der Waals surface area contributed by atoms with E-state index in [2.05, 4.69) is 5.16 Å². The van der Waals surface area contributed by atoms with Crippen LogP contribution in [-0.4, -0.2) is 59.6 Å². The van der Waals surface area contributed by atoms with E-state index in [1.54, 1.807) is 18.7 Å². The van der Waals surface area contributed by atoms with E-state index < -0.39 is 15.2 Å². The lowest BCUT2D eigenvalue weighted by Crippen LogP contribution is -2.53. The van der Waals surface area contributed by atoms with Crippen molar-refractivity contribution in [1.82, 2.24) is 4.90 Å². The van der Waals surface area contributed by atoms with Crippen LogP contribution in [-0.2, 0) is 9.84 Å². The van der Waals surface area contributed by atoms with Crippen molar-refractivity contribution >= 4 is 27.4 Å². The Morgan fingerprint density at radius 1 is 1.58 bits per heavy atom. The van der Waals surface area contributed by atoms with Crippen molar-refractivity contribution < 1.29 is 13.6 Å². The van der Waals surface area contributed by atoms with Crippen LogP contribution >= 0.6 is 11.8 Å². The molecule has 6 nitrogen and oxygen atoms in total. The SMILES string of the molecule is CCC(CC(N)=NO)N1CCSCC1S(=O)(=O)CC. The lowest BCUT2D eigenvalue weighted by Gasteiger charge is -2.39. The number of oxime groups is 1. The molecule has 1 heterocycles. The third kappa shape index (κ3) is 4.25. The summed E-state index contributed by atoms with van der Waals surface area (Å²) in [5, 5.41) is 11.2. The average Bonchev–Trinajstić information content (AvgIpc) is 2.44. The Morgan fingerprint density at radius 3 is 2.79 bits per heavy atom. The zero-order chi connectivity index (χ0) is 14.5. The van der Waals surface area contributed by atoms with Gasteiger partial charge in [0.15, 0.2) is 9.84 Å². The quantitative estimate of drug-likeness (QED) is 0.325. The fourth-order valence-electron chi connectivity index (χ4n) is 2.29. The molecule has 2 unspecified atom stereocenters. The lowest BCUT2D eigenvalue weighted by molar-refractivity contribution is 0.189. The number of amidine groups is 1. The minimum absolute atomic E-state index is 0.00289. The van der Waals surface area contributed by atoms with Crippen molar-refractivity contribution in [2.45, 2.75) is 38.1 Å². The molecule has 0 spiro atoms. The molecular weight excluding hydrogens is 286 g/mol. The number of sulfone groups is 1. The van der Waals surface area contributed by atoms with Crippen molar-refractivity contribution in [3.8, 4) is 0 Å². The molecule has 1 aliphatic heterocycles. The zero-order valence-electron chi connectivity index (χ0n) is 11.4. The van der Waals surface area contributed by atoms with Crippen LogP contribution < -0.4 is 5.73 Å². The summed E-state index contributed by atoms with van der Waals surface area (Å²) in [6.45, 7) is 4.40. The largest absolute Gasteiger partial charge is 0.409 e. The Bertz CT molecular complexity index is 411. The molecule has 8 heteroatoms. The molecule has 0 aromatic carbocycles. The van der Waals surface area contributed by atoms with E-state index in [-0.39, 0.29) is 17.6 Å². The summed E-state index contributed by atoms with van der Waals surface area (Å²) in [6.07, 6.45) is 1.17. The minimum atomic E-state index is -3.11. The number of hydrogen-bond donors (Lipinski definition) is 2. The molecule has 1 aliphatic rings. The first-order chi connectivity index (χ1) is 8.96. The molecule has 1 fully saturated rings. The van der Waals surface area contributed by atoms with Gasteiger partial charge in [-0.05, 0) is 6.42 Å². The van der Waals surface area contributed by atoms with E-state index >= 15 is 0 Å². The van der Waals surface area contributed by atoms with E-state index in [1.165, 1.54) is 0 Å². The monoisotopic (exact) mass is 309 g/mol. The molecule has 0 radical (unpaired) electrons. The summed E-state index contributed by atoms with van der Waals surface area (Å²) in [7, 11) is -3.11. The molecule has 0 saturated carbocycles.